The summed E-state index contributed by atoms with van der Waals surface area (Å²) in [4.78, 5) is 26.1. The molecule has 0 aliphatic carbocycles. The van der Waals surface area contributed by atoms with E-state index < -0.39 is 0 Å². The van der Waals surface area contributed by atoms with Gasteiger partial charge in [0.2, 0.25) is 0 Å². The van der Waals surface area contributed by atoms with Crippen LogP contribution in [0.2, 0.25) is 0 Å². The van der Waals surface area contributed by atoms with E-state index in [1.165, 1.54) is 62.0 Å². The normalized spacial score (nSPS) is 13.6. The standard InChI is InChI=1S/C20H31N3O2/c1-2-3-4-5-6-7-8-9-10-11-12-23-19(24)15-13-17(21)18(22)14-16(15)20(23)25/h13-14H,2-12,21-22H2,1H3. The first-order chi connectivity index (χ1) is 12.1. The smallest absolute Gasteiger partial charge is 0.261 e. The Hall–Kier alpha value is -2.04. The average molecular weight is 345 g/mol. The summed E-state index contributed by atoms with van der Waals surface area (Å²) in [5, 5.41) is 0. The SMILES string of the molecule is CCCCCCCCCCCCN1C(=O)c2cc(N)c(N)cc2C1=O. The Kier molecular flexibility index (Phi) is 7.29. The number of benzene rings is 1. The molecule has 2 rings (SSSR count). The van der Waals surface area contributed by atoms with E-state index in [1.807, 2.05) is 0 Å². The number of anilines is 2. The van der Waals surface area contributed by atoms with Gasteiger partial charge in [0.15, 0.2) is 0 Å². The van der Waals surface area contributed by atoms with Gasteiger partial charge in [-0.1, -0.05) is 64.7 Å². The predicted molar refractivity (Wildman–Crippen MR) is 102 cm³/mol. The Bertz CT molecular complexity index is 572. The van der Waals surface area contributed by atoms with Crippen LogP contribution in [0.4, 0.5) is 11.4 Å². The summed E-state index contributed by atoms with van der Waals surface area (Å²) >= 11 is 0. The zero-order chi connectivity index (χ0) is 18.2. The zero-order valence-electron chi connectivity index (χ0n) is 15.4. The molecule has 5 nitrogen and oxygen atoms in total. The quantitative estimate of drug-likeness (QED) is 0.354. The zero-order valence-corrected chi connectivity index (χ0v) is 15.4. The number of carbonyl (C=O) groups excluding carboxylic acids is 2. The minimum absolute atomic E-state index is 0.248. The Morgan fingerprint density at radius 3 is 1.56 bits per heavy atom. The number of nitrogens with two attached hydrogens (primary N) is 2. The first-order valence-electron chi connectivity index (χ1n) is 9.61. The van der Waals surface area contributed by atoms with Crippen molar-refractivity contribution in [1.29, 1.82) is 0 Å². The van der Waals surface area contributed by atoms with Crippen molar-refractivity contribution in [1.82, 2.24) is 4.90 Å². The number of nitrogen functional groups attached to an aromatic ring is 2. The van der Waals surface area contributed by atoms with E-state index in [4.69, 9.17) is 11.5 Å². The molecular formula is C20H31N3O2. The number of hydrogen-bond acceptors (Lipinski definition) is 4. The maximum atomic E-state index is 12.4. The maximum absolute atomic E-state index is 12.4. The summed E-state index contributed by atoms with van der Waals surface area (Å²) in [6, 6.07) is 3.03. The number of fused-ring (bicyclic) bond motifs is 1. The molecule has 0 saturated carbocycles. The highest BCUT2D eigenvalue weighted by atomic mass is 16.2. The highest BCUT2D eigenvalue weighted by Gasteiger charge is 2.35. The number of rotatable bonds is 11. The summed E-state index contributed by atoms with van der Waals surface area (Å²) in [7, 11) is 0. The van der Waals surface area contributed by atoms with Crippen molar-refractivity contribution in [3.05, 3.63) is 23.3 Å². The molecule has 0 bridgehead atoms. The van der Waals surface area contributed by atoms with E-state index in [1.54, 1.807) is 0 Å². The van der Waals surface area contributed by atoms with Gasteiger partial charge in [-0.2, -0.15) is 0 Å². The largest absolute Gasteiger partial charge is 0.397 e. The van der Waals surface area contributed by atoms with Crippen molar-refractivity contribution in [3.63, 3.8) is 0 Å². The van der Waals surface area contributed by atoms with Crippen LogP contribution in [0.25, 0.3) is 0 Å². The molecule has 0 atom stereocenters. The van der Waals surface area contributed by atoms with Crippen molar-refractivity contribution < 1.29 is 9.59 Å². The third-order valence-corrected chi connectivity index (χ3v) is 4.91. The lowest BCUT2D eigenvalue weighted by molar-refractivity contribution is 0.0651. The third kappa shape index (κ3) is 4.97. The molecule has 0 aromatic heterocycles. The van der Waals surface area contributed by atoms with Crippen molar-refractivity contribution in [2.75, 3.05) is 18.0 Å². The monoisotopic (exact) mass is 345 g/mol. The predicted octanol–water partition coefficient (Wildman–Crippen LogP) is 4.37. The van der Waals surface area contributed by atoms with Gasteiger partial charge < -0.3 is 11.5 Å². The fourth-order valence-corrected chi connectivity index (χ4v) is 3.33. The van der Waals surface area contributed by atoms with Crippen molar-refractivity contribution in [2.45, 2.75) is 71.1 Å². The molecule has 1 aromatic carbocycles. The van der Waals surface area contributed by atoms with Crippen LogP contribution < -0.4 is 11.5 Å². The molecular weight excluding hydrogens is 314 g/mol. The molecule has 0 radical (unpaired) electrons. The van der Waals surface area contributed by atoms with E-state index in [2.05, 4.69) is 6.92 Å². The van der Waals surface area contributed by atoms with Crippen LogP contribution in [0.15, 0.2) is 12.1 Å². The van der Waals surface area contributed by atoms with Crippen LogP contribution in [0.5, 0.6) is 0 Å². The van der Waals surface area contributed by atoms with Crippen LogP contribution in [0.3, 0.4) is 0 Å². The third-order valence-electron chi connectivity index (χ3n) is 4.91. The van der Waals surface area contributed by atoms with Gasteiger partial charge in [-0.15, -0.1) is 0 Å². The summed E-state index contributed by atoms with van der Waals surface area (Å²) < 4.78 is 0. The summed E-state index contributed by atoms with van der Waals surface area (Å²) in [6.07, 6.45) is 12.2. The summed E-state index contributed by atoms with van der Waals surface area (Å²) in [5.41, 5.74) is 12.9. The molecule has 0 spiro atoms. The van der Waals surface area contributed by atoms with Gasteiger partial charge in [0.05, 0.1) is 22.5 Å². The van der Waals surface area contributed by atoms with Gasteiger partial charge >= 0.3 is 0 Å². The van der Waals surface area contributed by atoms with Gasteiger partial charge in [0.1, 0.15) is 0 Å². The van der Waals surface area contributed by atoms with Crippen LogP contribution in [0, 0.1) is 0 Å². The highest BCUT2D eigenvalue weighted by molar-refractivity contribution is 6.22. The second-order valence-electron chi connectivity index (χ2n) is 6.97. The molecule has 1 aromatic rings. The van der Waals surface area contributed by atoms with Crippen molar-refractivity contribution in [3.8, 4) is 0 Å². The first kappa shape index (κ1) is 19.3. The van der Waals surface area contributed by atoms with E-state index in [0.717, 1.165) is 19.3 Å². The molecule has 0 fully saturated rings. The fraction of sp³-hybridized carbons (Fsp3) is 0.600. The topological polar surface area (TPSA) is 89.4 Å². The van der Waals surface area contributed by atoms with Crippen LogP contribution in [-0.2, 0) is 0 Å². The number of unbranched alkanes of at least 4 members (excludes halogenated alkanes) is 9. The Balaban J connectivity index is 1.67. The average Bonchev–Trinajstić information content (AvgIpc) is 2.81. The van der Waals surface area contributed by atoms with E-state index in [9.17, 15) is 9.59 Å². The molecule has 2 amide bonds. The van der Waals surface area contributed by atoms with Crippen molar-refractivity contribution >= 4 is 23.2 Å². The molecule has 4 N–H and O–H groups in total. The highest BCUT2D eigenvalue weighted by Crippen LogP contribution is 2.29. The number of carbonyl (C=O) groups is 2. The Morgan fingerprint density at radius 1 is 0.720 bits per heavy atom. The van der Waals surface area contributed by atoms with Gasteiger partial charge in [-0.05, 0) is 18.6 Å². The number of amides is 2. The first-order valence-corrected chi connectivity index (χ1v) is 9.61. The van der Waals surface area contributed by atoms with Gasteiger partial charge in [-0.25, -0.2) is 0 Å². The van der Waals surface area contributed by atoms with Crippen LogP contribution >= 0.6 is 0 Å². The summed E-state index contributed by atoms with van der Waals surface area (Å²) in [5.74, 6) is -0.495. The number of hydrogen-bond donors (Lipinski definition) is 2. The maximum Gasteiger partial charge on any atom is 0.261 e. The van der Waals surface area contributed by atoms with Gasteiger partial charge in [0.25, 0.3) is 11.8 Å². The minimum atomic E-state index is -0.248. The molecule has 0 unspecified atom stereocenters. The molecule has 25 heavy (non-hydrogen) atoms. The Labute approximate surface area is 150 Å². The fourth-order valence-electron chi connectivity index (χ4n) is 3.33. The van der Waals surface area contributed by atoms with E-state index >= 15 is 0 Å². The number of imide groups is 1. The van der Waals surface area contributed by atoms with E-state index in [0.29, 0.717) is 29.0 Å². The van der Waals surface area contributed by atoms with E-state index in [-0.39, 0.29) is 11.8 Å². The second-order valence-corrected chi connectivity index (χ2v) is 6.97. The van der Waals surface area contributed by atoms with Crippen LogP contribution in [-0.4, -0.2) is 23.3 Å². The van der Waals surface area contributed by atoms with Gasteiger partial charge in [-0.3, -0.25) is 14.5 Å². The van der Waals surface area contributed by atoms with Crippen LogP contribution in [0.1, 0.15) is 91.8 Å². The van der Waals surface area contributed by atoms with Gasteiger partial charge in [0, 0.05) is 6.54 Å². The number of nitrogens with zero attached hydrogens (tertiary/aromatic N) is 1. The summed E-state index contributed by atoms with van der Waals surface area (Å²) in [6.45, 7) is 2.71. The lowest BCUT2D eigenvalue weighted by atomic mass is 10.1. The van der Waals surface area contributed by atoms with Crippen molar-refractivity contribution in [2.24, 2.45) is 0 Å². The molecule has 5 heteroatoms. The molecule has 1 heterocycles. The lowest BCUT2D eigenvalue weighted by Crippen LogP contribution is -2.30. The second kappa shape index (κ2) is 9.44. The molecule has 1 aliphatic heterocycles. The molecule has 138 valence electrons. The minimum Gasteiger partial charge on any atom is -0.397 e. The lowest BCUT2D eigenvalue weighted by Gasteiger charge is -2.13. The molecule has 0 saturated heterocycles. The molecule has 1 aliphatic rings. The Morgan fingerprint density at radius 2 is 1.12 bits per heavy atom.